The third-order valence-electron chi connectivity index (χ3n) is 6.17. The SMILES string of the molecule is CC[C@H](C(=O)NC)N(CCc1ccccc1)C(=O)CN(c1ccc(C)c(Cl)c1)S(=O)(=O)c1ccccc1. The minimum atomic E-state index is -4.11. The van der Waals surface area contributed by atoms with Gasteiger partial charge in [-0.25, -0.2) is 8.42 Å². The van der Waals surface area contributed by atoms with Crippen molar-refractivity contribution in [3.8, 4) is 0 Å². The minimum Gasteiger partial charge on any atom is -0.357 e. The number of sulfonamides is 1. The summed E-state index contributed by atoms with van der Waals surface area (Å²) in [4.78, 5) is 28.0. The van der Waals surface area contributed by atoms with E-state index in [1.54, 1.807) is 30.3 Å². The van der Waals surface area contributed by atoms with Gasteiger partial charge in [-0.2, -0.15) is 0 Å². The van der Waals surface area contributed by atoms with E-state index in [2.05, 4.69) is 5.32 Å². The van der Waals surface area contributed by atoms with Crippen LogP contribution in [-0.2, 0) is 26.0 Å². The number of carbonyl (C=O) groups excluding carboxylic acids is 2. The molecule has 0 saturated carbocycles. The van der Waals surface area contributed by atoms with Crippen molar-refractivity contribution in [1.82, 2.24) is 10.2 Å². The van der Waals surface area contributed by atoms with Crippen molar-refractivity contribution in [1.29, 1.82) is 0 Å². The number of nitrogens with zero attached hydrogens (tertiary/aromatic N) is 2. The largest absolute Gasteiger partial charge is 0.357 e. The van der Waals surface area contributed by atoms with E-state index in [1.807, 2.05) is 44.2 Å². The first-order chi connectivity index (χ1) is 17.7. The Balaban J connectivity index is 2.01. The summed E-state index contributed by atoms with van der Waals surface area (Å²) in [5, 5.41) is 3.01. The first-order valence-electron chi connectivity index (χ1n) is 12.1. The average molecular weight is 542 g/mol. The second kappa shape index (κ2) is 12.7. The molecule has 1 N–H and O–H groups in total. The number of amides is 2. The molecular formula is C28H32ClN3O4S. The molecule has 196 valence electrons. The van der Waals surface area contributed by atoms with E-state index in [4.69, 9.17) is 11.6 Å². The van der Waals surface area contributed by atoms with Crippen LogP contribution in [0.5, 0.6) is 0 Å². The number of nitrogens with one attached hydrogen (secondary N) is 1. The molecule has 9 heteroatoms. The Hall–Kier alpha value is -3.36. The van der Waals surface area contributed by atoms with E-state index in [0.717, 1.165) is 15.4 Å². The summed E-state index contributed by atoms with van der Waals surface area (Å²) in [5.74, 6) is -0.789. The summed E-state index contributed by atoms with van der Waals surface area (Å²) in [5.41, 5.74) is 2.05. The Labute approximate surface area is 224 Å². The molecule has 0 fully saturated rings. The number of hydrogen-bond donors (Lipinski definition) is 1. The van der Waals surface area contributed by atoms with Gasteiger partial charge >= 0.3 is 0 Å². The van der Waals surface area contributed by atoms with Gasteiger partial charge in [-0.15, -0.1) is 0 Å². The molecule has 0 saturated heterocycles. The molecule has 0 unspecified atom stereocenters. The van der Waals surface area contributed by atoms with Gasteiger partial charge in [0.1, 0.15) is 12.6 Å². The predicted molar refractivity (Wildman–Crippen MR) is 147 cm³/mol. The summed E-state index contributed by atoms with van der Waals surface area (Å²) in [6, 6.07) is 21.7. The van der Waals surface area contributed by atoms with E-state index in [9.17, 15) is 18.0 Å². The molecule has 0 aliphatic heterocycles. The van der Waals surface area contributed by atoms with E-state index in [-0.39, 0.29) is 23.0 Å². The quantitative estimate of drug-likeness (QED) is 0.389. The lowest BCUT2D eigenvalue weighted by Gasteiger charge is -2.33. The van der Waals surface area contributed by atoms with Crippen LogP contribution in [0.25, 0.3) is 0 Å². The highest BCUT2D eigenvalue weighted by molar-refractivity contribution is 7.92. The average Bonchev–Trinajstić information content (AvgIpc) is 2.91. The minimum absolute atomic E-state index is 0.0497. The van der Waals surface area contributed by atoms with E-state index in [0.29, 0.717) is 17.9 Å². The zero-order chi connectivity index (χ0) is 27.0. The smallest absolute Gasteiger partial charge is 0.264 e. The maximum absolute atomic E-state index is 13.8. The van der Waals surface area contributed by atoms with Crippen LogP contribution in [-0.4, -0.2) is 51.3 Å². The van der Waals surface area contributed by atoms with Crippen molar-refractivity contribution in [2.45, 2.75) is 37.6 Å². The Morgan fingerprint density at radius 1 is 0.973 bits per heavy atom. The number of carbonyl (C=O) groups is 2. The monoisotopic (exact) mass is 541 g/mol. The molecule has 1 atom stereocenters. The maximum Gasteiger partial charge on any atom is 0.264 e. The van der Waals surface area contributed by atoms with Gasteiger partial charge in [0.25, 0.3) is 10.0 Å². The number of anilines is 1. The van der Waals surface area contributed by atoms with E-state index < -0.39 is 28.5 Å². The van der Waals surface area contributed by atoms with Crippen molar-refractivity contribution >= 4 is 39.1 Å². The van der Waals surface area contributed by atoms with Crippen LogP contribution in [0.3, 0.4) is 0 Å². The van der Waals surface area contributed by atoms with Gasteiger partial charge in [0.2, 0.25) is 11.8 Å². The normalized spacial score (nSPS) is 12.0. The molecule has 0 spiro atoms. The molecule has 0 heterocycles. The summed E-state index contributed by atoms with van der Waals surface area (Å²) in [6.45, 7) is 3.40. The number of rotatable bonds is 11. The molecule has 3 rings (SSSR count). The Kier molecular flexibility index (Phi) is 9.72. The van der Waals surface area contributed by atoms with Gasteiger partial charge in [-0.1, -0.05) is 73.1 Å². The third kappa shape index (κ3) is 6.90. The molecule has 0 aliphatic rings. The van der Waals surface area contributed by atoms with Gasteiger partial charge in [0.15, 0.2) is 0 Å². The molecule has 3 aromatic rings. The van der Waals surface area contributed by atoms with Gasteiger partial charge < -0.3 is 10.2 Å². The van der Waals surface area contributed by atoms with Gasteiger partial charge in [0, 0.05) is 18.6 Å². The van der Waals surface area contributed by atoms with Crippen LogP contribution in [0.1, 0.15) is 24.5 Å². The molecule has 0 aliphatic carbocycles. The highest BCUT2D eigenvalue weighted by Crippen LogP contribution is 2.28. The van der Waals surface area contributed by atoms with Crippen molar-refractivity contribution < 1.29 is 18.0 Å². The lowest BCUT2D eigenvalue weighted by Crippen LogP contribution is -2.52. The zero-order valence-corrected chi connectivity index (χ0v) is 22.8. The predicted octanol–water partition coefficient (Wildman–Crippen LogP) is 4.44. The Bertz CT molecular complexity index is 1320. The lowest BCUT2D eigenvalue weighted by molar-refractivity contribution is -0.139. The van der Waals surface area contributed by atoms with Crippen LogP contribution in [0.2, 0.25) is 5.02 Å². The van der Waals surface area contributed by atoms with Crippen molar-refractivity contribution in [2.75, 3.05) is 24.4 Å². The maximum atomic E-state index is 13.8. The molecular weight excluding hydrogens is 510 g/mol. The van der Waals surface area contributed by atoms with Crippen LogP contribution in [0.15, 0.2) is 83.8 Å². The van der Waals surface area contributed by atoms with Crippen LogP contribution >= 0.6 is 11.6 Å². The third-order valence-corrected chi connectivity index (χ3v) is 8.37. The summed E-state index contributed by atoms with van der Waals surface area (Å²) in [7, 11) is -2.59. The molecule has 7 nitrogen and oxygen atoms in total. The molecule has 0 radical (unpaired) electrons. The molecule has 37 heavy (non-hydrogen) atoms. The standard InChI is InChI=1S/C28H32ClN3O4S/c1-4-26(28(34)30-3)31(18-17-22-11-7-5-8-12-22)27(33)20-32(23-16-15-21(2)25(29)19-23)37(35,36)24-13-9-6-10-14-24/h5-16,19,26H,4,17-18,20H2,1-3H3,(H,30,34)/t26-/m1/s1. The fourth-order valence-corrected chi connectivity index (χ4v) is 5.65. The lowest BCUT2D eigenvalue weighted by atomic mass is 10.1. The molecule has 3 aromatic carbocycles. The number of aryl methyl sites for hydroxylation is 1. The van der Waals surface area contributed by atoms with Gasteiger partial charge in [0.05, 0.1) is 10.6 Å². The van der Waals surface area contributed by atoms with E-state index in [1.165, 1.54) is 30.1 Å². The zero-order valence-electron chi connectivity index (χ0n) is 21.2. The molecule has 0 bridgehead atoms. The Morgan fingerprint density at radius 3 is 2.16 bits per heavy atom. The van der Waals surface area contributed by atoms with Gasteiger partial charge in [-0.05, 0) is 55.2 Å². The van der Waals surface area contributed by atoms with Crippen molar-refractivity contribution in [3.63, 3.8) is 0 Å². The topological polar surface area (TPSA) is 86.8 Å². The summed E-state index contributed by atoms with van der Waals surface area (Å²) >= 11 is 6.33. The van der Waals surface area contributed by atoms with Crippen LogP contribution in [0.4, 0.5) is 5.69 Å². The second-order valence-electron chi connectivity index (χ2n) is 8.62. The first kappa shape index (κ1) is 28.2. The number of benzene rings is 3. The summed E-state index contributed by atoms with van der Waals surface area (Å²) in [6.07, 6.45) is 0.893. The number of halogens is 1. The van der Waals surface area contributed by atoms with Crippen molar-refractivity contribution in [3.05, 3.63) is 95.0 Å². The molecule has 2 amide bonds. The number of likely N-dealkylation sites (N-methyl/N-ethyl adjacent to an activating group) is 1. The fraction of sp³-hybridized carbons (Fsp3) is 0.286. The Morgan fingerprint density at radius 2 is 1.59 bits per heavy atom. The second-order valence-corrected chi connectivity index (χ2v) is 10.9. The highest BCUT2D eigenvalue weighted by Gasteiger charge is 2.33. The summed E-state index contributed by atoms with van der Waals surface area (Å²) < 4.78 is 28.5. The number of hydrogen-bond acceptors (Lipinski definition) is 4. The molecule has 0 aromatic heterocycles. The van der Waals surface area contributed by atoms with Crippen LogP contribution in [0, 0.1) is 6.92 Å². The van der Waals surface area contributed by atoms with E-state index >= 15 is 0 Å². The fourth-order valence-electron chi connectivity index (χ4n) is 4.05. The van der Waals surface area contributed by atoms with Crippen molar-refractivity contribution in [2.24, 2.45) is 0 Å². The van der Waals surface area contributed by atoms with Gasteiger partial charge in [-0.3, -0.25) is 13.9 Å². The van der Waals surface area contributed by atoms with Crippen LogP contribution < -0.4 is 9.62 Å². The highest BCUT2D eigenvalue weighted by atomic mass is 35.5. The first-order valence-corrected chi connectivity index (χ1v) is 13.9.